The average Bonchev–Trinajstić information content (AvgIpc) is 2.28. The monoisotopic (exact) mass is 209 g/mol. The number of fused-ring (bicyclic) bond motifs is 1. The van der Waals surface area contributed by atoms with Gasteiger partial charge in [0, 0.05) is 6.07 Å². The molecule has 1 heterocycles. The van der Waals surface area contributed by atoms with Crippen molar-refractivity contribution >= 4 is 0 Å². The minimum atomic E-state index is -0.625. The maximum atomic E-state index is 13.3. The van der Waals surface area contributed by atoms with Crippen LogP contribution in [0, 0.1) is 17.1 Å². The van der Waals surface area contributed by atoms with Crippen molar-refractivity contribution in [3.05, 3.63) is 23.5 Å². The fourth-order valence-electron chi connectivity index (χ4n) is 1.34. The Morgan fingerprint density at radius 2 is 2.40 bits per heavy atom. The molecule has 1 atom stereocenters. The van der Waals surface area contributed by atoms with Gasteiger partial charge < -0.3 is 14.6 Å². The van der Waals surface area contributed by atoms with Crippen LogP contribution in [0.2, 0.25) is 0 Å². The number of benzene rings is 1. The van der Waals surface area contributed by atoms with Gasteiger partial charge in [-0.3, -0.25) is 0 Å². The number of hydrogen-bond donors (Lipinski definition) is 1. The van der Waals surface area contributed by atoms with E-state index < -0.39 is 11.9 Å². The molecule has 15 heavy (non-hydrogen) atoms. The van der Waals surface area contributed by atoms with Gasteiger partial charge in [-0.1, -0.05) is 0 Å². The average molecular weight is 209 g/mol. The SMILES string of the molecule is N#Cc1cc(F)c2c(c1)O[C@@H](CO)CO2. The Kier molecular flexibility index (Phi) is 2.44. The van der Waals surface area contributed by atoms with Gasteiger partial charge in [0.15, 0.2) is 23.4 Å². The van der Waals surface area contributed by atoms with E-state index in [4.69, 9.17) is 19.8 Å². The summed E-state index contributed by atoms with van der Waals surface area (Å²) in [7, 11) is 0. The van der Waals surface area contributed by atoms with E-state index in [-0.39, 0.29) is 30.3 Å². The lowest BCUT2D eigenvalue weighted by atomic mass is 10.2. The summed E-state index contributed by atoms with van der Waals surface area (Å²) < 4.78 is 23.7. The van der Waals surface area contributed by atoms with Gasteiger partial charge in [0.1, 0.15) is 6.61 Å². The smallest absolute Gasteiger partial charge is 0.197 e. The summed E-state index contributed by atoms with van der Waals surface area (Å²) in [5, 5.41) is 17.5. The fourth-order valence-corrected chi connectivity index (χ4v) is 1.34. The number of aliphatic hydroxyl groups excluding tert-OH is 1. The van der Waals surface area contributed by atoms with E-state index in [0.717, 1.165) is 6.07 Å². The summed E-state index contributed by atoms with van der Waals surface area (Å²) in [6.07, 6.45) is -0.508. The molecule has 5 heteroatoms. The molecule has 0 bridgehead atoms. The van der Waals surface area contributed by atoms with Crippen LogP contribution in [0.4, 0.5) is 4.39 Å². The normalized spacial score (nSPS) is 18.3. The quantitative estimate of drug-likeness (QED) is 0.744. The number of nitriles is 1. The lowest BCUT2D eigenvalue weighted by molar-refractivity contribution is 0.0429. The van der Waals surface area contributed by atoms with Crippen molar-refractivity contribution in [2.75, 3.05) is 13.2 Å². The van der Waals surface area contributed by atoms with Crippen LogP contribution in [-0.2, 0) is 0 Å². The first kappa shape index (κ1) is 9.74. The lowest BCUT2D eigenvalue weighted by Gasteiger charge is -2.25. The Morgan fingerprint density at radius 3 is 3.07 bits per heavy atom. The van der Waals surface area contributed by atoms with Crippen LogP contribution < -0.4 is 9.47 Å². The predicted molar refractivity (Wildman–Crippen MR) is 48.1 cm³/mol. The van der Waals surface area contributed by atoms with Gasteiger partial charge >= 0.3 is 0 Å². The second-order valence-electron chi connectivity index (χ2n) is 3.13. The molecule has 0 radical (unpaired) electrons. The Balaban J connectivity index is 2.41. The highest BCUT2D eigenvalue weighted by atomic mass is 19.1. The highest BCUT2D eigenvalue weighted by Crippen LogP contribution is 2.35. The summed E-state index contributed by atoms with van der Waals surface area (Å²) in [6.45, 7) is -0.107. The second kappa shape index (κ2) is 3.75. The van der Waals surface area contributed by atoms with Crippen molar-refractivity contribution in [1.29, 1.82) is 5.26 Å². The van der Waals surface area contributed by atoms with E-state index >= 15 is 0 Å². The molecule has 0 unspecified atom stereocenters. The molecule has 1 aliphatic heterocycles. The van der Waals surface area contributed by atoms with E-state index in [1.54, 1.807) is 0 Å². The molecule has 0 spiro atoms. The standard InChI is InChI=1S/C10H8FNO3/c11-8-1-6(3-12)2-9-10(8)14-5-7(4-13)15-9/h1-2,7,13H,4-5H2/t7-/m0/s1. The van der Waals surface area contributed by atoms with Crippen LogP contribution in [0.25, 0.3) is 0 Å². The van der Waals surface area contributed by atoms with Crippen LogP contribution in [0.5, 0.6) is 11.5 Å². The molecule has 78 valence electrons. The molecule has 0 saturated carbocycles. The van der Waals surface area contributed by atoms with Gasteiger partial charge in [-0.05, 0) is 6.07 Å². The van der Waals surface area contributed by atoms with E-state index in [2.05, 4.69) is 0 Å². The Hall–Kier alpha value is -1.80. The zero-order chi connectivity index (χ0) is 10.8. The highest BCUT2D eigenvalue weighted by molar-refractivity contribution is 5.48. The first-order valence-electron chi connectivity index (χ1n) is 4.38. The highest BCUT2D eigenvalue weighted by Gasteiger charge is 2.24. The van der Waals surface area contributed by atoms with Gasteiger partial charge in [-0.2, -0.15) is 5.26 Å². The predicted octanol–water partition coefficient (Wildman–Crippen LogP) is 0.829. The van der Waals surface area contributed by atoms with E-state index in [1.165, 1.54) is 6.07 Å². The van der Waals surface area contributed by atoms with Crippen LogP contribution >= 0.6 is 0 Å². The molecule has 0 aliphatic carbocycles. The van der Waals surface area contributed by atoms with Crippen LogP contribution in [0.15, 0.2) is 12.1 Å². The number of rotatable bonds is 1. The van der Waals surface area contributed by atoms with Gasteiger partial charge in [-0.25, -0.2) is 4.39 Å². The van der Waals surface area contributed by atoms with Crippen molar-refractivity contribution in [3.63, 3.8) is 0 Å². The molecule has 0 amide bonds. The minimum absolute atomic E-state index is 0.00120. The van der Waals surface area contributed by atoms with Crippen molar-refractivity contribution in [1.82, 2.24) is 0 Å². The number of aliphatic hydroxyl groups is 1. The molecule has 0 saturated heterocycles. The fraction of sp³-hybridized carbons (Fsp3) is 0.300. The lowest BCUT2D eigenvalue weighted by Crippen LogP contribution is -2.32. The van der Waals surface area contributed by atoms with E-state index in [9.17, 15) is 4.39 Å². The van der Waals surface area contributed by atoms with Gasteiger partial charge in [-0.15, -0.1) is 0 Å². The molecule has 0 fully saturated rings. The molecule has 4 nitrogen and oxygen atoms in total. The molecule has 0 aromatic heterocycles. The number of nitrogens with zero attached hydrogens (tertiary/aromatic N) is 1. The maximum absolute atomic E-state index is 13.3. The van der Waals surface area contributed by atoms with E-state index in [1.807, 2.05) is 6.07 Å². The number of hydrogen-bond acceptors (Lipinski definition) is 4. The van der Waals surface area contributed by atoms with Crippen molar-refractivity contribution in [3.8, 4) is 17.6 Å². The molecule has 1 aromatic carbocycles. The molecule has 1 N–H and O–H groups in total. The first-order valence-corrected chi connectivity index (χ1v) is 4.38. The summed E-state index contributed by atoms with van der Waals surface area (Å²) in [5.74, 6) is -0.462. The topological polar surface area (TPSA) is 62.5 Å². The van der Waals surface area contributed by atoms with Crippen molar-refractivity contribution < 1.29 is 19.0 Å². The number of halogens is 1. The van der Waals surface area contributed by atoms with Crippen LogP contribution in [-0.4, -0.2) is 24.4 Å². The summed E-state index contributed by atoms with van der Waals surface area (Å²) in [4.78, 5) is 0. The third-order valence-electron chi connectivity index (χ3n) is 2.05. The van der Waals surface area contributed by atoms with Gasteiger partial charge in [0.05, 0.1) is 18.2 Å². The first-order chi connectivity index (χ1) is 7.24. The van der Waals surface area contributed by atoms with Crippen LogP contribution in [0.1, 0.15) is 5.56 Å². The number of ether oxygens (including phenoxy) is 2. The molecular formula is C10H8FNO3. The Labute approximate surface area is 85.5 Å². The van der Waals surface area contributed by atoms with E-state index in [0.29, 0.717) is 0 Å². The molecular weight excluding hydrogens is 201 g/mol. The largest absolute Gasteiger partial charge is 0.483 e. The molecule has 1 aliphatic rings. The summed E-state index contributed by atoms with van der Waals surface area (Å²) in [5.41, 5.74) is 0.161. The van der Waals surface area contributed by atoms with Crippen LogP contribution in [0.3, 0.4) is 0 Å². The van der Waals surface area contributed by atoms with Crippen molar-refractivity contribution in [2.24, 2.45) is 0 Å². The Morgan fingerprint density at radius 1 is 1.60 bits per heavy atom. The van der Waals surface area contributed by atoms with Gasteiger partial charge in [0.25, 0.3) is 0 Å². The zero-order valence-corrected chi connectivity index (χ0v) is 7.74. The molecule has 1 aromatic rings. The molecule has 2 rings (SSSR count). The summed E-state index contributed by atoms with van der Waals surface area (Å²) >= 11 is 0. The second-order valence-corrected chi connectivity index (χ2v) is 3.13. The van der Waals surface area contributed by atoms with Gasteiger partial charge in [0.2, 0.25) is 0 Å². The zero-order valence-electron chi connectivity index (χ0n) is 7.74. The van der Waals surface area contributed by atoms with Crippen molar-refractivity contribution in [2.45, 2.75) is 6.10 Å². The maximum Gasteiger partial charge on any atom is 0.197 e. The minimum Gasteiger partial charge on any atom is -0.483 e. The summed E-state index contributed by atoms with van der Waals surface area (Å²) in [6, 6.07) is 4.29. The Bertz CT molecular complexity index is 427. The third kappa shape index (κ3) is 1.72. The third-order valence-corrected chi connectivity index (χ3v) is 2.05.